The molecule has 0 rings (SSSR count). The molecule has 1 atom stereocenters. The maximum atomic E-state index is 8.41. The van der Waals surface area contributed by atoms with E-state index < -0.39 is 0 Å². The van der Waals surface area contributed by atoms with Crippen LogP contribution in [0.4, 0.5) is 0 Å². The molecular weight excluding hydrogens is 110 g/mol. The molecular formula is C4H11NOS. The van der Waals surface area contributed by atoms with Gasteiger partial charge >= 0.3 is 0 Å². The number of hydrogen-bond donors (Lipinski definition) is 3. The number of aliphatic hydroxyl groups excluding tert-OH is 1. The zero-order chi connectivity index (χ0) is 5.70. The van der Waals surface area contributed by atoms with Crippen LogP contribution in [-0.4, -0.2) is 30.6 Å². The zero-order valence-electron chi connectivity index (χ0n) is 4.39. The van der Waals surface area contributed by atoms with Gasteiger partial charge in [-0.05, 0) is 7.05 Å². The molecule has 0 aromatic carbocycles. The van der Waals surface area contributed by atoms with Gasteiger partial charge in [-0.15, -0.1) is 0 Å². The summed E-state index contributed by atoms with van der Waals surface area (Å²) in [7, 11) is 1.80. The molecule has 0 aromatic rings. The lowest BCUT2D eigenvalue weighted by Gasteiger charge is -2.06. The van der Waals surface area contributed by atoms with Gasteiger partial charge in [0.15, 0.2) is 0 Å². The average molecular weight is 121 g/mol. The van der Waals surface area contributed by atoms with Gasteiger partial charge < -0.3 is 10.4 Å². The average Bonchev–Trinajstić information content (AvgIpc) is 1.72. The van der Waals surface area contributed by atoms with Crippen LogP contribution in [-0.2, 0) is 0 Å². The molecule has 2 N–H and O–H groups in total. The fraction of sp³-hybridized carbons (Fsp3) is 1.00. The lowest BCUT2D eigenvalue weighted by molar-refractivity contribution is 0.260. The van der Waals surface area contributed by atoms with Crippen LogP contribution in [0, 0.1) is 0 Å². The molecule has 0 aliphatic rings. The van der Waals surface area contributed by atoms with Crippen LogP contribution in [0.5, 0.6) is 0 Å². The van der Waals surface area contributed by atoms with Gasteiger partial charge in [0.2, 0.25) is 0 Å². The van der Waals surface area contributed by atoms with Gasteiger partial charge in [0, 0.05) is 11.8 Å². The van der Waals surface area contributed by atoms with Crippen LogP contribution in [0.3, 0.4) is 0 Å². The fourth-order valence-corrected chi connectivity index (χ4v) is 0.538. The maximum Gasteiger partial charge on any atom is 0.0592 e. The van der Waals surface area contributed by atoms with Crippen LogP contribution in [0.15, 0.2) is 0 Å². The molecule has 0 bridgehead atoms. The fourth-order valence-electron chi connectivity index (χ4n) is 0.240. The third-order valence-corrected chi connectivity index (χ3v) is 1.29. The Labute approximate surface area is 49.3 Å². The van der Waals surface area contributed by atoms with Gasteiger partial charge in [0.05, 0.1) is 6.61 Å². The predicted octanol–water partition coefficient (Wildman–Crippen LogP) is -0.504. The molecule has 0 heterocycles. The first-order valence-corrected chi connectivity index (χ1v) is 2.87. The minimum absolute atomic E-state index is 0.156. The quantitative estimate of drug-likeness (QED) is 0.440. The normalized spacial score (nSPS) is 14.1. The number of likely N-dealkylation sites (N-methyl/N-ethyl adjacent to an activating group) is 1. The van der Waals surface area contributed by atoms with Gasteiger partial charge in [-0.1, -0.05) is 0 Å². The molecule has 0 saturated carbocycles. The Morgan fingerprint density at radius 3 is 2.43 bits per heavy atom. The van der Waals surface area contributed by atoms with E-state index in [0.717, 1.165) is 0 Å². The summed E-state index contributed by atoms with van der Waals surface area (Å²) in [5.41, 5.74) is 0. The van der Waals surface area contributed by atoms with Crippen molar-refractivity contribution in [2.75, 3.05) is 19.4 Å². The molecule has 0 spiro atoms. The second kappa shape index (κ2) is 4.43. The highest BCUT2D eigenvalue weighted by Gasteiger charge is 1.96. The van der Waals surface area contributed by atoms with Crippen LogP contribution < -0.4 is 5.32 Å². The van der Waals surface area contributed by atoms with E-state index in [-0.39, 0.29) is 12.6 Å². The number of nitrogens with one attached hydrogen (secondary N) is 1. The highest BCUT2D eigenvalue weighted by molar-refractivity contribution is 7.80. The first-order valence-electron chi connectivity index (χ1n) is 2.24. The summed E-state index contributed by atoms with van der Waals surface area (Å²) < 4.78 is 0. The number of thiol groups is 1. The third-order valence-electron chi connectivity index (χ3n) is 0.849. The molecule has 0 fully saturated rings. The summed E-state index contributed by atoms with van der Waals surface area (Å²) in [6, 6.07) is 0.156. The van der Waals surface area contributed by atoms with Crippen molar-refractivity contribution in [1.82, 2.24) is 5.32 Å². The molecule has 0 aliphatic heterocycles. The van der Waals surface area contributed by atoms with E-state index >= 15 is 0 Å². The van der Waals surface area contributed by atoms with E-state index in [2.05, 4.69) is 17.9 Å². The standard InChI is InChI=1S/C4H11NOS/c1-5-4(2-6)3-7/h4-7H,2-3H2,1H3/t4-/m1/s1. The topological polar surface area (TPSA) is 32.3 Å². The van der Waals surface area contributed by atoms with E-state index in [1.54, 1.807) is 7.05 Å². The lowest BCUT2D eigenvalue weighted by atomic mass is 10.4. The van der Waals surface area contributed by atoms with Crippen LogP contribution in [0.1, 0.15) is 0 Å². The van der Waals surface area contributed by atoms with Gasteiger partial charge in [-0.25, -0.2) is 0 Å². The van der Waals surface area contributed by atoms with Crippen molar-refractivity contribution in [3.63, 3.8) is 0 Å². The number of hydrogen-bond acceptors (Lipinski definition) is 3. The van der Waals surface area contributed by atoms with Gasteiger partial charge in [-0.2, -0.15) is 12.6 Å². The summed E-state index contributed by atoms with van der Waals surface area (Å²) >= 11 is 3.95. The third kappa shape index (κ3) is 2.91. The Morgan fingerprint density at radius 1 is 1.86 bits per heavy atom. The Morgan fingerprint density at radius 2 is 2.43 bits per heavy atom. The van der Waals surface area contributed by atoms with E-state index in [0.29, 0.717) is 5.75 Å². The predicted molar refractivity (Wildman–Crippen MR) is 33.8 cm³/mol. The second-order valence-electron chi connectivity index (χ2n) is 1.35. The molecule has 7 heavy (non-hydrogen) atoms. The van der Waals surface area contributed by atoms with Crippen molar-refractivity contribution < 1.29 is 5.11 Å². The highest BCUT2D eigenvalue weighted by Crippen LogP contribution is 1.81. The second-order valence-corrected chi connectivity index (χ2v) is 1.72. The molecule has 3 heteroatoms. The van der Waals surface area contributed by atoms with Gasteiger partial charge in [0.25, 0.3) is 0 Å². The minimum atomic E-state index is 0.156. The van der Waals surface area contributed by atoms with Crippen LogP contribution in [0.2, 0.25) is 0 Å². The minimum Gasteiger partial charge on any atom is -0.395 e. The smallest absolute Gasteiger partial charge is 0.0592 e. The van der Waals surface area contributed by atoms with Gasteiger partial charge in [-0.3, -0.25) is 0 Å². The Balaban J connectivity index is 2.99. The zero-order valence-corrected chi connectivity index (χ0v) is 5.28. The lowest BCUT2D eigenvalue weighted by Crippen LogP contribution is -2.30. The summed E-state index contributed by atoms with van der Waals surface area (Å²) in [4.78, 5) is 0. The Hall–Kier alpha value is 0.270. The van der Waals surface area contributed by atoms with E-state index in [1.165, 1.54) is 0 Å². The maximum absolute atomic E-state index is 8.41. The first-order chi connectivity index (χ1) is 3.35. The molecule has 0 radical (unpaired) electrons. The van der Waals surface area contributed by atoms with Crippen molar-refractivity contribution in [3.05, 3.63) is 0 Å². The SMILES string of the molecule is CN[C@H](CO)CS. The Bertz CT molecular complexity index is 33.2. The van der Waals surface area contributed by atoms with Crippen molar-refractivity contribution in [3.8, 4) is 0 Å². The monoisotopic (exact) mass is 121 g/mol. The number of rotatable bonds is 3. The van der Waals surface area contributed by atoms with Crippen molar-refractivity contribution >= 4 is 12.6 Å². The van der Waals surface area contributed by atoms with Crippen LogP contribution >= 0.6 is 12.6 Å². The molecule has 0 amide bonds. The highest BCUT2D eigenvalue weighted by atomic mass is 32.1. The first kappa shape index (κ1) is 7.27. The summed E-state index contributed by atoms with van der Waals surface area (Å²) in [6.45, 7) is 0.167. The number of aliphatic hydroxyl groups is 1. The molecule has 44 valence electrons. The van der Waals surface area contributed by atoms with E-state index in [4.69, 9.17) is 5.11 Å². The largest absolute Gasteiger partial charge is 0.395 e. The van der Waals surface area contributed by atoms with E-state index in [9.17, 15) is 0 Å². The van der Waals surface area contributed by atoms with Gasteiger partial charge in [0.1, 0.15) is 0 Å². The molecule has 0 unspecified atom stereocenters. The summed E-state index contributed by atoms with van der Waals surface area (Å²) in [5, 5.41) is 11.3. The van der Waals surface area contributed by atoms with E-state index in [1.807, 2.05) is 0 Å². The molecule has 2 nitrogen and oxygen atoms in total. The summed E-state index contributed by atoms with van der Waals surface area (Å²) in [5.74, 6) is 0.688. The van der Waals surface area contributed by atoms with Crippen molar-refractivity contribution in [2.24, 2.45) is 0 Å². The molecule has 0 aliphatic carbocycles. The van der Waals surface area contributed by atoms with Crippen LogP contribution in [0.25, 0.3) is 0 Å². The molecule has 0 saturated heterocycles. The molecule has 0 aromatic heterocycles. The van der Waals surface area contributed by atoms with Crippen molar-refractivity contribution in [1.29, 1.82) is 0 Å². The Kier molecular flexibility index (Phi) is 4.60. The summed E-state index contributed by atoms with van der Waals surface area (Å²) in [6.07, 6.45) is 0. The van der Waals surface area contributed by atoms with Crippen molar-refractivity contribution in [2.45, 2.75) is 6.04 Å².